The molecule has 0 radical (unpaired) electrons. The number of ether oxygens (including phenoxy) is 2. The molecule has 0 saturated heterocycles. The van der Waals surface area contributed by atoms with Crippen molar-refractivity contribution in [3.8, 4) is 11.5 Å². The molecule has 150 valence electrons. The number of aromatic amines is 1. The van der Waals surface area contributed by atoms with Gasteiger partial charge in [-0.15, -0.1) is 0 Å². The summed E-state index contributed by atoms with van der Waals surface area (Å²) in [6.45, 7) is -0.0964. The summed E-state index contributed by atoms with van der Waals surface area (Å²) in [5, 5.41) is 0. The second-order valence-corrected chi connectivity index (χ2v) is 7.74. The van der Waals surface area contributed by atoms with Gasteiger partial charge in [-0.1, -0.05) is 0 Å². The number of rotatable bonds is 7. The molecule has 10 nitrogen and oxygen atoms in total. The van der Waals surface area contributed by atoms with E-state index in [9.17, 15) is 8.42 Å². The highest BCUT2D eigenvalue weighted by molar-refractivity contribution is 7.93. The van der Waals surface area contributed by atoms with Crippen LogP contribution in [-0.2, 0) is 16.6 Å². The number of hydrogen-bond donors (Lipinski definition) is 1. The minimum Gasteiger partial charge on any atom is -0.497 e. The molecule has 0 aliphatic heterocycles. The molecule has 29 heavy (non-hydrogen) atoms. The summed E-state index contributed by atoms with van der Waals surface area (Å²) in [7, 11) is -1.29. The van der Waals surface area contributed by atoms with E-state index in [-0.39, 0.29) is 23.0 Å². The molecule has 1 N–H and O–H groups in total. The van der Waals surface area contributed by atoms with Crippen LogP contribution in [0.2, 0.25) is 0 Å². The van der Waals surface area contributed by atoms with Crippen LogP contribution in [0.25, 0.3) is 11.2 Å². The summed E-state index contributed by atoms with van der Waals surface area (Å²) >= 11 is 0. The molecule has 0 amide bonds. The molecule has 4 aromatic rings. The van der Waals surface area contributed by atoms with E-state index in [0.717, 1.165) is 4.31 Å². The van der Waals surface area contributed by atoms with Crippen molar-refractivity contribution in [3.63, 3.8) is 0 Å². The van der Waals surface area contributed by atoms with Crippen LogP contribution in [0, 0.1) is 0 Å². The molecule has 4 rings (SSSR count). The van der Waals surface area contributed by atoms with Crippen LogP contribution in [0.1, 0.15) is 5.76 Å². The van der Waals surface area contributed by atoms with Gasteiger partial charge in [0.05, 0.1) is 33.4 Å². The van der Waals surface area contributed by atoms with Gasteiger partial charge in [-0.2, -0.15) is 0 Å². The Morgan fingerprint density at radius 2 is 2.00 bits per heavy atom. The maximum absolute atomic E-state index is 13.7. The fraction of sp³-hybridized carbons (Fsp3) is 0.167. The number of fused-ring (bicyclic) bond motifs is 1. The van der Waals surface area contributed by atoms with Gasteiger partial charge in [0.2, 0.25) is 0 Å². The summed E-state index contributed by atoms with van der Waals surface area (Å²) in [4.78, 5) is 15.2. The van der Waals surface area contributed by atoms with E-state index >= 15 is 0 Å². The van der Waals surface area contributed by atoms with Crippen molar-refractivity contribution in [1.82, 2.24) is 19.9 Å². The number of sulfonamides is 1. The number of methoxy groups -OCH3 is 2. The van der Waals surface area contributed by atoms with E-state index < -0.39 is 10.0 Å². The monoisotopic (exact) mass is 415 g/mol. The Bertz CT molecular complexity index is 1240. The van der Waals surface area contributed by atoms with Crippen molar-refractivity contribution < 1.29 is 22.3 Å². The molecule has 1 aromatic carbocycles. The van der Waals surface area contributed by atoms with Crippen LogP contribution in [-0.4, -0.2) is 42.6 Å². The zero-order valence-electron chi connectivity index (χ0n) is 15.6. The number of benzene rings is 1. The number of furan rings is 1. The minimum atomic E-state index is -4.14. The van der Waals surface area contributed by atoms with Gasteiger partial charge in [0.25, 0.3) is 10.0 Å². The molecular formula is C18H17N5O5S. The summed E-state index contributed by atoms with van der Waals surface area (Å²) in [6, 6.07) is 7.90. The molecule has 3 heterocycles. The third kappa shape index (κ3) is 3.36. The van der Waals surface area contributed by atoms with Crippen molar-refractivity contribution in [2.45, 2.75) is 11.4 Å². The number of imidazole rings is 1. The Morgan fingerprint density at radius 3 is 2.72 bits per heavy atom. The van der Waals surface area contributed by atoms with Crippen LogP contribution in [0.4, 0.5) is 5.82 Å². The first-order valence-corrected chi connectivity index (χ1v) is 9.90. The third-order valence-corrected chi connectivity index (χ3v) is 6.01. The number of H-pyrrole nitrogens is 1. The quantitative estimate of drug-likeness (QED) is 0.488. The lowest BCUT2D eigenvalue weighted by atomic mass is 10.3. The second kappa shape index (κ2) is 7.43. The first-order chi connectivity index (χ1) is 14.0. The lowest BCUT2D eigenvalue weighted by molar-refractivity contribution is 0.392. The minimum absolute atomic E-state index is 0.0721. The third-order valence-electron chi connectivity index (χ3n) is 4.26. The molecule has 0 atom stereocenters. The van der Waals surface area contributed by atoms with Gasteiger partial charge >= 0.3 is 0 Å². The zero-order chi connectivity index (χ0) is 20.4. The number of aromatic nitrogens is 4. The molecule has 0 unspecified atom stereocenters. The maximum atomic E-state index is 13.7. The highest BCUT2D eigenvalue weighted by Crippen LogP contribution is 2.34. The fourth-order valence-electron chi connectivity index (χ4n) is 2.86. The highest BCUT2D eigenvalue weighted by Gasteiger charge is 2.32. The number of hydrogen-bond acceptors (Lipinski definition) is 8. The number of nitrogens with zero attached hydrogens (tertiary/aromatic N) is 4. The normalized spacial score (nSPS) is 11.5. The van der Waals surface area contributed by atoms with Gasteiger partial charge in [0, 0.05) is 6.07 Å². The van der Waals surface area contributed by atoms with Crippen LogP contribution in [0.5, 0.6) is 11.5 Å². The van der Waals surface area contributed by atoms with Crippen LogP contribution >= 0.6 is 0 Å². The van der Waals surface area contributed by atoms with Gasteiger partial charge in [-0.25, -0.2) is 27.7 Å². The number of anilines is 1. The van der Waals surface area contributed by atoms with E-state index in [1.165, 1.54) is 45.3 Å². The Hall–Kier alpha value is -3.60. The smallest absolute Gasteiger partial charge is 0.269 e. The van der Waals surface area contributed by atoms with Crippen molar-refractivity contribution in [2.75, 3.05) is 18.5 Å². The Balaban J connectivity index is 1.92. The maximum Gasteiger partial charge on any atom is 0.269 e. The van der Waals surface area contributed by atoms with Gasteiger partial charge < -0.3 is 18.9 Å². The first kappa shape index (κ1) is 18.7. The van der Waals surface area contributed by atoms with E-state index in [0.29, 0.717) is 22.7 Å². The van der Waals surface area contributed by atoms with E-state index in [2.05, 4.69) is 19.9 Å². The summed E-state index contributed by atoms with van der Waals surface area (Å²) in [5.74, 6) is 1.11. The molecular weight excluding hydrogens is 398 g/mol. The van der Waals surface area contributed by atoms with Crippen molar-refractivity contribution in [1.29, 1.82) is 0 Å². The average molecular weight is 415 g/mol. The SMILES string of the molecule is COc1ccc(OC)c(S(=O)(=O)N(Cc2ccco2)c2ncnc3nc[nH]c23)c1. The fourth-order valence-corrected chi connectivity index (χ4v) is 4.43. The highest BCUT2D eigenvalue weighted by atomic mass is 32.2. The molecule has 0 bridgehead atoms. The van der Waals surface area contributed by atoms with E-state index in [4.69, 9.17) is 13.9 Å². The Labute approximate surface area is 166 Å². The van der Waals surface area contributed by atoms with Crippen LogP contribution < -0.4 is 13.8 Å². The van der Waals surface area contributed by atoms with Crippen molar-refractivity contribution >= 4 is 27.0 Å². The summed E-state index contributed by atoms with van der Waals surface area (Å²) in [6.07, 6.45) is 4.15. The van der Waals surface area contributed by atoms with Gasteiger partial charge in [0.1, 0.15) is 34.0 Å². The van der Waals surface area contributed by atoms with Crippen molar-refractivity contribution in [3.05, 3.63) is 55.0 Å². The molecule has 3 aromatic heterocycles. The molecule has 11 heteroatoms. The Kier molecular flexibility index (Phi) is 4.80. The largest absolute Gasteiger partial charge is 0.497 e. The van der Waals surface area contributed by atoms with Gasteiger partial charge in [-0.05, 0) is 24.3 Å². The van der Waals surface area contributed by atoms with E-state index in [1.54, 1.807) is 18.2 Å². The lowest BCUT2D eigenvalue weighted by Gasteiger charge is -2.24. The predicted molar refractivity (Wildman–Crippen MR) is 103 cm³/mol. The summed E-state index contributed by atoms with van der Waals surface area (Å²) < 4.78 is 44.4. The zero-order valence-corrected chi connectivity index (χ0v) is 16.4. The average Bonchev–Trinajstić information content (AvgIpc) is 3.43. The van der Waals surface area contributed by atoms with E-state index in [1.807, 2.05) is 0 Å². The summed E-state index contributed by atoms with van der Waals surface area (Å²) in [5.41, 5.74) is 0.719. The topological polar surface area (TPSA) is 123 Å². The molecule has 0 spiro atoms. The standard InChI is InChI=1S/C18H17N5O5S/c1-26-12-5-6-14(27-2)15(8-12)29(24,25)23(9-13-4-3-7-28-13)18-16-17(20-10-19-16)21-11-22-18/h3-8,10-11H,9H2,1-2H3,(H,19,20,21,22). The van der Waals surface area contributed by atoms with Crippen LogP contribution in [0.3, 0.4) is 0 Å². The lowest BCUT2D eigenvalue weighted by Crippen LogP contribution is -2.32. The molecule has 0 aliphatic carbocycles. The first-order valence-electron chi connectivity index (χ1n) is 8.46. The Morgan fingerprint density at radius 1 is 1.14 bits per heavy atom. The second-order valence-electron chi connectivity index (χ2n) is 5.91. The molecule has 0 fully saturated rings. The van der Waals surface area contributed by atoms with Crippen molar-refractivity contribution in [2.24, 2.45) is 0 Å². The van der Waals surface area contributed by atoms with Gasteiger partial charge in [0.15, 0.2) is 11.5 Å². The van der Waals surface area contributed by atoms with Gasteiger partial charge in [-0.3, -0.25) is 0 Å². The van der Waals surface area contributed by atoms with Crippen LogP contribution in [0.15, 0.2) is 58.6 Å². The predicted octanol–water partition coefficient (Wildman–Crippen LogP) is 2.36. The number of nitrogens with one attached hydrogen (secondary N) is 1. The molecule has 0 saturated carbocycles. The molecule has 0 aliphatic rings.